The van der Waals surface area contributed by atoms with Gasteiger partial charge in [-0.05, 0) is 32.9 Å². The third kappa shape index (κ3) is 3.90. The molecule has 0 aliphatic heterocycles. The van der Waals surface area contributed by atoms with Crippen LogP contribution in [-0.4, -0.2) is 25.9 Å². The van der Waals surface area contributed by atoms with Crippen molar-refractivity contribution in [3.05, 3.63) is 28.3 Å². The molecule has 1 aromatic rings. The van der Waals surface area contributed by atoms with E-state index in [2.05, 4.69) is 10.0 Å². The largest absolute Gasteiger partial charge is 0.385 e. The summed E-state index contributed by atoms with van der Waals surface area (Å²) >= 11 is 0. The number of nitrogens with zero attached hydrogens (tertiary/aromatic N) is 1. The van der Waals surface area contributed by atoms with Crippen LogP contribution in [0.15, 0.2) is 23.1 Å². The highest BCUT2D eigenvalue weighted by molar-refractivity contribution is 7.89. The van der Waals surface area contributed by atoms with Crippen LogP contribution < -0.4 is 10.0 Å². The molecule has 0 saturated heterocycles. The smallest absolute Gasteiger partial charge is 0.289 e. The summed E-state index contributed by atoms with van der Waals surface area (Å²) < 4.78 is 26.5. The second-order valence-corrected chi connectivity index (χ2v) is 5.93. The maximum absolute atomic E-state index is 12.1. The number of nitro groups is 1. The summed E-state index contributed by atoms with van der Waals surface area (Å²) in [5.41, 5.74) is 0.0898. The van der Waals surface area contributed by atoms with E-state index in [9.17, 15) is 18.5 Å². The lowest BCUT2D eigenvalue weighted by Crippen LogP contribution is -2.30. The molecule has 0 bridgehead atoms. The SMILES string of the molecule is CCNc1ccc([N+](=O)[O-])c(S(=O)(=O)NC(C)C)c1. The van der Waals surface area contributed by atoms with Crippen LogP contribution in [0, 0.1) is 10.1 Å². The standard InChI is InChI=1S/C11H17N3O4S/c1-4-12-9-5-6-10(14(15)16)11(7-9)19(17,18)13-8(2)3/h5-8,12-13H,4H2,1-3H3. The molecule has 0 amide bonds. The summed E-state index contributed by atoms with van der Waals surface area (Å²) in [5, 5.41) is 13.8. The Balaban J connectivity index is 3.36. The average molecular weight is 287 g/mol. The molecule has 1 aromatic carbocycles. The van der Waals surface area contributed by atoms with Gasteiger partial charge in [-0.25, -0.2) is 13.1 Å². The Morgan fingerprint density at radius 1 is 1.37 bits per heavy atom. The molecule has 0 aromatic heterocycles. The van der Waals surface area contributed by atoms with Gasteiger partial charge in [0.2, 0.25) is 10.0 Å². The van der Waals surface area contributed by atoms with Crippen molar-refractivity contribution in [1.29, 1.82) is 0 Å². The van der Waals surface area contributed by atoms with Gasteiger partial charge in [0.15, 0.2) is 4.90 Å². The molecular formula is C11H17N3O4S. The van der Waals surface area contributed by atoms with Gasteiger partial charge in [-0.1, -0.05) is 0 Å². The summed E-state index contributed by atoms with van der Waals surface area (Å²) in [6.07, 6.45) is 0. The Labute approximate surface area is 112 Å². The first-order valence-electron chi connectivity index (χ1n) is 5.82. The third-order valence-corrected chi connectivity index (χ3v) is 3.91. The number of hydrogen-bond donors (Lipinski definition) is 2. The van der Waals surface area contributed by atoms with Gasteiger partial charge in [0, 0.05) is 24.3 Å². The number of rotatable bonds is 6. The first-order chi connectivity index (χ1) is 8.77. The molecule has 0 saturated carbocycles. The number of benzene rings is 1. The van der Waals surface area contributed by atoms with E-state index in [1.165, 1.54) is 18.2 Å². The number of sulfonamides is 1. The van der Waals surface area contributed by atoms with E-state index in [1.54, 1.807) is 13.8 Å². The van der Waals surface area contributed by atoms with Crippen LogP contribution in [0.5, 0.6) is 0 Å². The zero-order valence-electron chi connectivity index (χ0n) is 11.0. The molecule has 19 heavy (non-hydrogen) atoms. The van der Waals surface area contributed by atoms with Gasteiger partial charge in [-0.2, -0.15) is 0 Å². The van der Waals surface area contributed by atoms with Crippen molar-refractivity contribution < 1.29 is 13.3 Å². The maximum atomic E-state index is 12.1. The molecule has 2 N–H and O–H groups in total. The molecule has 0 fully saturated rings. The maximum Gasteiger partial charge on any atom is 0.289 e. The first kappa shape index (κ1) is 15.4. The van der Waals surface area contributed by atoms with Gasteiger partial charge in [0.1, 0.15) is 0 Å². The summed E-state index contributed by atoms with van der Waals surface area (Å²) in [6.45, 7) is 5.74. The van der Waals surface area contributed by atoms with E-state index in [4.69, 9.17) is 0 Å². The second-order valence-electron chi connectivity index (χ2n) is 4.25. The fourth-order valence-electron chi connectivity index (χ4n) is 1.57. The second kappa shape index (κ2) is 5.98. The lowest BCUT2D eigenvalue weighted by Gasteiger charge is -2.11. The Kier molecular flexibility index (Phi) is 4.84. The van der Waals surface area contributed by atoms with Crippen LogP contribution in [0.25, 0.3) is 0 Å². The van der Waals surface area contributed by atoms with Crippen LogP contribution in [0.4, 0.5) is 11.4 Å². The number of nitrogens with one attached hydrogen (secondary N) is 2. The van der Waals surface area contributed by atoms with Crippen LogP contribution in [0.1, 0.15) is 20.8 Å². The molecule has 8 heteroatoms. The van der Waals surface area contributed by atoms with Gasteiger partial charge in [-0.15, -0.1) is 0 Å². The zero-order valence-corrected chi connectivity index (χ0v) is 11.8. The number of anilines is 1. The van der Waals surface area contributed by atoms with E-state index in [0.717, 1.165) is 0 Å². The van der Waals surface area contributed by atoms with Crippen LogP contribution in [0.3, 0.4) is 0 Å². The van der Waals surface area contributed by atoms with E-state index >= 15 is 0 Å². The van der Waals surface area contributed by atoms with Crippen LogP contribution >= 0.6 is 0 Å². The zero-order chi connectivity index (χ0) is 14.6. The van der Waals surface area contributed by atoms with Crippen LogP contribution in [-0.2, 0) is 10.0 Å². The number of nitro benzene ring substituents is 1. The third-order valence-electron chi connectivity index (χ3n) is 2.22. The lowest BCUT2D eigenvalue weighted by atomic mass is 10.3. The average Bonchev–Trinajstić information content (AvgIpc) is 2.27. The van der Waals surface area contributed by atoms with Gasteiger partial charge in [0.05, 0.1) is 4.92 Å². The van der Waals surface area contributed by atoms with E-state index in [-0.39, 0.29) is 10.9 Å². The molecule has 0 radical (unpaired) electrons. The predicted molar refractivity (Wildman–Crippen MR) is 72.7 cm³/mol. The quantitative estimate of drug-likeness (QED) is 0.612. The minimum Gasteiger partial charge on any atom is -0.385 e. The lowest BCUT2D eigenvalue weighted by molar-refractivity contribution is -0.387. The molecule has 0 heterocycles. The van der Waals surface area contributed by atoms with Crippen LogP contribution in [0.2, 0.25) is 0 Å². The molecule has 106 valence electrons. The minimum atomic E-state index is -3.91. The van der Waals surface area contributed by atoms with E-state index < -0.39 is 20.6 Å². The van der Waals surface area contributed by atoms with Crippen molar-refractivity contribution in [1.82, 2.24) is 4.72 Å². The number of hydrogen-bond acceptors (Lipinski definition) is 5. The van der Waals surface area contributed by atoms with Crippen molar-refractivity contribution in [3.8, 4) is 0 Å². The highest BCUT2D eigenvalue weighted by atomic mass is 32.2. The van der Waals surface area contributed by atoms with Gasteiger partial charge in [-0.3, -0.25) is 10.1 Å². The summed E-state index contributed by atoms with van der Waals surface area (Å²) in [5.74, 6) is 0. The Morgan fingerprint density at radius 2 is 2.00 bits per heavy atom. The summed E-state index contributed by atoms with van der Waals surface area (Å²) in [6, 6.07) is 3.60. The Bertz CT molecular complexity index is 569. The highest BCUT2D eigenvalue weighted by Gasteiger charge is 2.26. The molecule has 7 nitrogen and oxygen atoms in total. The molecule has 1 rings (SSSR count). The Morgan fingerprint density at radius 3 is 2.47 bits per heavy atom. The molecule has 0 unspecified atom stereocenters. The molecule has 0 aliphatic rings. The molecule has 0 atom stereocenters. The van der Waals surface area contributed by atoms with Crippen molar-refractivity contribution in [2.24, 2.45) is 0 Å². The minimum absolute atomic E-state index is 0.329. The Hall–Kier alpha value is -1.67. The first-order valence-corrected chi connectivity index (χ1v) is 7.31. The predicted octanol–water partition coefficient (Wildman–Crippen LogP) is 1.71. The van der Waals surface area contributed by atoms with Crippen molar-refractivity contribution >= 4 is 21.4 Å². The van der Waals surface area contributed by atoms with E-state index in [0.29, 0.717) is 12.2 Å². The molecule has 0 aliphatic carbocycles. The normalized spacial score (nSPS) is 11.6. The van der Waals surface area contributed by atoms with Gasteiger partial charge < -0.3 is 5.32 Å². The van der Waals surface area contributed by atoms with Crippen molar-refractivity contribution in [2.75, 3.05) is 11.9 Å². The van der Waals surface area contributed by atoms with Gasteiger partial charge >= 0.3 is 0 Å². The van der Waals surface area contributed by atoms with E-state index in [1.807, 2.05) is 6.92 Å². The molecule has 0 spiro atoms. The van der Waals surface area contributed by atoms with Crippen molar-refractivity contribution in [3.63, 3.8) is 0 Å². The fraction of sp³-hybridized carbons (Fsp3) is 0.455. The fourth-order valence-corrected chi connectivity index (χ4v) is 3.02. The topological polar surface area (TPSA) is 101 Å². The summed E-state index contributed by atoms with van der Waals surface area (Å²) in [7, 11) is -3.91. The summed E-state index contributed by atoms with van der Waals surface area (Å²) in [4.78, 5) is 9.88. The van der Waals surface area contributed by atoms with Crippen molar-refractivity contribution in [2.45, 2.75) is 31.7 Å². The van der Waals surface area contributed by atoms with Gasteiger partial charge in [0.25, 0.3) is 5.69 Å². The highest BCUT2D eigenvalue weighted by Crippen LogP contribution is 2.27. The monoisotopic (exact) mass is 287 g/mol. The molecular weight excluding hydrogens is 270 g/mol.